The Morgan fingerprint density at radius 3 is 2.34 bits per heavy atom. The maximum absolute atomic E-state index is 11.8. The summed E-state index contributed by atoms with van der Waals surface area (Å²) in [7, 11) is 0. The lowest BCUT2D eigenvalue weighted by Gasteiger charge is -2.41. The van der Waals surface area contributed by atoms with Crippen molar-refractivity contribution in [1.29, 1.82) is 0 Å². The number of alkyl carbamates (subject to hydrolysis) is 1. The van der Waals surface area contributed by atoms with Crippen LogP contribution in [-0.2, 0) is 30.3 Å². The number of nitrogens with one attached hydrogen (secondary N) is 1. The molecule has 41 heavy (non-hydrogen) atoms. The fourth-order valence-electron chi connectivity index (χ4n) is 4.03. The predicted molar refractivity (Wildman–Crippen MR) is 142 cm³/mol. The Kier molecular flexibility index (Phi) is 16.6. The van der Waals surface area contributed by atoms with Gasteiger partial charge in [0.2, 0.25) is 0 Å². The first-order valence-electron chi connectivity index (χ1n) is 13.8. The summed E-state index contributed by atoms with van der Waals surface area (Å²) in [4.78, 5) is 11.8. The van der Waals surface area contributed by atoms with Gasteiger partial charge in [0, 0.05) is 13.2 Å². The first-order valence-corrected chi connectivity index (χ1v) is 13.8. The van der Waals surface area contributed by atoms with Gasteiger partial charge >= 0.3 is 6.09 Å². The molecule has 0 radical (unpaired) electrons. The van der Waals surface area contributed by atoms with Crippen LogP contribution in [0.15, 0.2) is 30.3 Å². The highest BCUT2D eigenvalue weighted by Crippen LogP contribution is 2.24. The van der Waals surface area contributed by atoms with E-state index in [1.165, 1.54) is 6.92 Å². The monoisotopic (exact) mass is 591 g/mol. The Hall–Kier alpha value is -1.95. The fraction of sp³-hybridized carbons (Fsp3) is 0.741. The minimum absolute atomic E-state index is 0.175. The van der Waals surface area contributed by atoms with E-state index in [0.717, 1.165) is 24.8 Å². The van der Waals surface area contributed by atoms with E-state index < -0.39 is 81.2 Å². The summed E-state index contributed by atoms with van der Waals surface area (Å²) >= 11 is 0. The molecule has 1 aliphatic rings. The molecule has 1 heterocycles. The van der Waals surface area contributed by atoms with Crippen molar-refractivity contribution in [2.24, 2.45) is 0 Å². The summed E-state index contributed by atoms with van der Waals surface area (Å²) in [6, 6.07) is 9.36. The molecule has 1 saturated heterocycles. The third-order valence-electron chi connectivity index (χ3n) is 6.55. The van der Waals surface area contributed by atoms with Gasteiger partial charge in [0.05, 0.1) is 25.9 Å². The molecule has 0 aromatic heterocycles. The molecule has 0 saturated carbocycles. The molecule has 1 aliphatic heterocycles. The molecule has 8 N–H and O–H groups in total. The minimum Gasteiger partial charge on any atom is -0.445 e. The number of carbonyl (C=O) groups excluding carboxylic acids is 1. The SMILES string of the molecule is C[C@H](O[C@@H]1OC(CO)[C@H](O)C(O)[C@@H]1O)C(CO)O[C@@H](OCCCCCCNC(=O)OCc1ccccc1)[C@@H](O)CO. The van der Waals surface area contributed by atoms with Gasteiger partial charge in [-0.2, -0.15) is 0 Å². The second-order valence-corrected chi connectivity index (χ2v) is 9.79. The van der Waals surface area contributed by atoms with Gasteiger partial charge in [0.15, 0.2) is 12.6 Å². The molecule has 1 fully saturated rings. The number of ether oxygens (including phenoxy) is 5. The molecule has 1 aromatic rings. The number of aliphatic hydroxyl groups is 7. The van der Waals surface area contributed by atoms with Crippen molar-refractivity contribution < 1.29 is 64.2 Å². The Balaban J connectivity index is 1.69. The second kappa shape index (κ2) is 19.3. The topological polar surface area (TPSA) is 217 Å². The Morgan fingerprint density at radius 1 is 0.976 bits per heavy atom. The molecule has 236 valence electrons. The standard InChI is InChI=1S/C27H45NO13/c1-17(39-26-24(35)23(34)22(33)21(15-31)41-26)20(14-30)40-25(19(32)13-29)37-12-8-3-2-7-11-28-27(36)38-16-18-9-5-4-6-10-18/h4-6,9-10,17,19-26,29-35H,2-3,7-8,11-16H2,1H3,(H,28,36)/t17-,19-,20?,21?,22-,23?,24-,25+,26+/m0/s1. The number of carbonyl (C=O) groups is 1. The van der Waals surface area contributed by atoms with E-state index in [1.807, 2.05) is 30.3 Å². The molecule has 0 spiro atoms. The van der Waals surface area contributed by atoms with E-state index in [-0.39, 0.29) is 13.2 Å². The van der Waals surface area contributed by atoms with Crippen LogP contribution in [0.1, 0.15) is 38.2 Å². The van der Waals surface area contributed by atoms with Gasteiger partial charge in [-0.25, -0.2) is 4.79 Å². The molecule has 3 unspecified atom stereocenters. The number of rotatable bonds is 19. The second-order valence-electron chi connectivity index (χ2n) is 9.79. The van der Waals surface area contributed by atoms with Crippen molar-refractivity contribution in [1.82, 2.24) is 5.32 Å². The number of hydrogen-bond donors (Lipinski definition) is 8. The Morgan fingerprint density at radius 2 is 1.68 bits per heavy atom. The van der Waals surface area contributed by atoms with E-state index in [9.17, 15) is 40.5 Å². The normalized spacial score (nSPS) is 25.7. The van der Waals surface area contributed by atoms with Gasteiger partial charge in [0.1, 0.15) is 43.2 Å². The van der Waals surface area contributed by atoms with Crippen LogP contribution in [0.25, 0.3) is 0 Å². The molecule has 14 heteroatoms. The summed E-state index contributed by atoms with van der Waals surface area (Å²) in [5, 5.41) is 71.4. The zero-order valence-electron chi connectivity index (χ0n) is 23.2. The molecular formula is C27H45NO13. The lowest BCUT2D eigenvalue weighted by Crippen LogP contribution is -2.60. The van der Waals surface area contributed by atoms with Crippen LogP contribution in [0.5, 0.6) is 0 Å². The lowest BCUT2D eigenvalue weighted by atomic mass is 9.99. The van der Waals surface area contributed by atoms with Crippen molar-refractivity contribution in [2.75, 3.05) is 33.0 Å². The molecule has 0 aliphatic carbocycles. The lowest BCUT2D eigenvalue weighted by molar-refractivity contribution is -0.324. The maximum atomic E-state index is 11.8. The largest absolute Gasteiger partial charge is 0.445 e. The molecule has 2 rings (SSSR count). The highest BCUT2D eigenvalue weighted by molar-refractivity contribution is 5.67. The molecule has 9 atom stereocenters. The fourth-order valence-corrected chi connectivity index (χ4v) is 4.03. The van der Waals surface area contributed by atoms with Crippen molar-refractivity contribution in [3.05, 3.63) is 35.9 Å². The van der Waals surface area contributed by atoms with Crippen LogP contribution in [0.4, 0.5) is 4.79 Å². The van der Waals surface area contributed by atoms with E-state index in [0.29, 0.717) is 13.0 Å². The molecular weight excluding hydrogens is 546 g/mol. The zero-order chi connectivity index (χ0) is 30.2. The average molecular weight is 592 g/mol. The highest BCUT2D eigenvalue weighted by Gasteiger charge is 2.45. The van der Waals surface area contributed by atoms with E-state index in [2.05, 4.69) is 5.32 Å². The smallest absolute Gasteiger partial charge is 0.407 e. The number of amides is 1. The summed E-state index contributed by atoms with van der Waals surface area (Å²) in [6.07, 6.45) is -9.86. The first kappa shape index (κ1) is 35.2. The molecule has 0 bridgehead atoms. The third-order valence-corrected chi connectivity index (χ3v) is 6.55. The summed E-state index contributed by atoms with van der Waals surface area (Å²) < 4.78 is 27.3. The Labute approximate surface area is 239 Å². The van der Waals surface area contributed by atoms with E-state index in [4.69, 9.17) is 23.7 Å². The maximum Gasteiger partial charge on any atom is 0.407 e. The summed E-state index contributed by atoms with van der Waals surface area (Å²) in [5.74, 6) is 0. The Bertz CT molecular complexity index is 833. The highest BCUT2D eigenvalue weighted by atomic mass is 16.7. The van der Waals surface area contributed by atoms with Gasteiger partial charge in [-0.1, -0.05) is 43.2 Å². The van der Waals surface area contributed by atoms with Crippen LogP contribution in [-0.4, -0.2) is 130 Å². The van der Waals surface area contributed by atoms with Crippen LogP contribution < -0.4 is 5.32 Å². The van der Waals surface area contributed by atoms with Gasteiger partial charge in [-0.05, 0) is 25.3 Å². The average Bonchev–Trinajstić information content (AvgIpc) is 2.99. The van der Waals surface area contributed by atoms with Crippen molar-refractivity contribution in [3.63, 3.8) is 0 Å². The van der Waals surface area contributed by atoms with Gasteiger partial charge in [-0.3, -0.25) is 0 Å². The number of unbranched alkanes of at least 4 members (excludes halogenated alkanes) is 3. The van der Waals surface area contributed by atoms with Crippen LogP contribution >= 0.6 is 0 Å². The van der Waals surface area contributed by atoms with Crippen molar-refractivity contribution in [3.8, 4) is 0 Å². The van der Waals surface area contributed by atoms with Gasteiger partial charge in [-0.15, -0.1) is 0 Å². The predicted octanol–water partition coefficient (Wildman–Crippen LogP) is -1.25. The zero-order valence-corrected chi connectivity index (χ0v) is 23.2. The molecule has 1 amide bonds. The van der Waals surface area contributed by atoms with Crippen LogP contribution in [0.3, 0.4) is 0 Å². The summed E-state index contributed by atoms with van der Waals surface area (Å²) in [6.45, 7) is 0.422. The molecule has 14 nitrogen and oxygen atoms in total. The van der Waals surface area contributed by atoms with Gasteiger partial charge in [0.25, 0.3) is 0 Å². The third kappa shape index (κ3) is 12.1. The van der Waals surface area contributed by atoms with E-state index in [1.54, 1.807) is 0 Å². The van der Waals surface area contributed by atoms with Crippen molar-refractivity contribution in [2.45, 2.75) is 94.5 Å². The van der Waals surface area contributed by atoms with E-state index >= 15 is 0 Å². The van der Waals surface area contributed by atoms with Crippen molar-refractivity contribution >= 4 is 6.09 Å². The van der Waals surface area contributed by atoms with Crippen LogP contribution in [0, 0.1) is 0 Å². The number of aliphatic hydroxyl groups excluding tert-OH is 7. The number of benzene rings is 1. The van der Waals surface area contributed by atoms with Gasteiger partial charge < -0.3 is 64.7 Å². The van der Waals surface area contributed by atoms with Crippen LogP contribution in [0.2, 0.25) is 0 Å². The molecule has 1 aromatic carbocycles. The minimum atomic E-state index is -1.64. The number of hydrogen-bond acceptors (Lipinski definition) is 13. The summed E-state index contributed by atoms with van der Waals surface area (Å²) in [5.41, 5.74) is 0.900. The quantitative estimate of drug-likeness (QED) is 0.0698. The first-order chi connectivity index (χ1) is 19.7.